The van der Waals surface area contributed by atoms with Crippen molar-refractivity contribution in [2.24, 2.45) is 0 Å². The van der Waals surface area contributed by atoms with Crippen LogP contribution in [0.2, 0.25) is 5.02 Å². The molecule has 2 aromatic carbocycles. The van der Waals surface area contributed by atoms with Gasteiger partial charge in [-0.1, -0.05) is 41.4 Å². The third-order valence-electron chi connectivity index (χ3n) is 4.84. The molecule has 0 bridgehead atoms. The summed E-state index contributed by atoms with van der Waals surface area (Å²) in [4.78, 5) is 13.0. The number of halogens is 1. The van der Waals surface area contributed by atoms with Crippen LogP contribution in [0.5, 0.6) is 0 Å². The van der Waals surface area contributed by atoms with E-state index in [1.54, 1.807) is 36.4 Å². The Bertz CT molecular complexity index is 928. The second-order valence-corrected chi connectivity index (χ2v) is 9.20. The first kappa shape index (κ1) is 19.9. The van der Waals surface area contributed by atoms with Gasteiger partial charge in [-0.05, 0) is 56.5 Å². The van der Waals surface area contributed by atoms with Gasteiger partial charge in [0.05, 0.1) is 10.9 Å². The fourth-order valence-corrected chi connectivity index (χ4v) is 5.16. The number of hydrogen-bond acceptors (Lipinski definition) is 3. The van der Waals surface area contributed by atoms with Crippen LogP contribution in [0.25, 0.3) is 0 Å². The minimum absolute atomic E-state index is 0.218. The second-order valence-electron chi connectivity index (χ2n) is 6.87. The van der Waals surface area contributed by atoms with E-state index in [0.29, 0.717) is 24.4 Å². The summed E-state index contributed by atoms with van der Waals surface area (Å²) in [5.74, 6) is -0.282. The number of carbonyl (C=O) groups excluding carboxylic acids is 1. The molecular formula is C20H23ClN2O3S. The largest absolute Gasteiger partial charge is 0.348 e. The van der Waals surface area contributed by atoms with Gasteiger partial charge in [0.15, 0.2) is 0 Å². The van der Waals surface area contributed by atoms with Gasteiger partial charge >= 0.3 is 0 Å². The number of aryl methyl sites for hydroxylation is 1. The van der Waals surface area contributed by atoms with Gasteiger partial charge in [-0.15, -0.1) is 0 Å². The van der Waals surface area contributed by atoms with Crippen LogP contribution in [0.3, 0.4) is 0 Å². The number of amides is 1. The zero-order valence-electron chi connectivity index (χ0n) is 15.4. The number of nitrogens with zero attached hydrogens (tertiary/aromatic N) is 1. The number of benzene rings is 2. The molecule has 1 N–H and O–H groups in total. The second kappa shape index (κ2) is 8.00. The van der Waals surface area contributed by atoms with Crippen molar-refractivity contribution in [1.29, 1.82) is 0 Å². The maximum Gasteiger partial charge on any atom is 0.243 e. The average molecular weight is 407 g/mol. The highest BCUT2D eigenvalue weighted by Crippen LogP contribution is 2.27. The molecule has 2 aromatic rings. The molecule has 2 unspecified atom stereocenters. The van der Waals surface area contributed by atoms with Crippen LogP contribution < -0.4 is 5.32 Å². The molecule has 0 saturated carbocycles. The van der Waals surface area contributed by atoms with Crippen molar-refractivity contribution in [3.05, 3.63) is 64.7 Å². The van der Waals surface area contributed by atoms with Crippen LogP contribution in [0.15, 0.2) is 53.4 Å². The highest BCUT2D eigenvalue weighted by atomic mass is 35.5. The Kier molecular flexibility index (Phi) is 5.89. The molecule has 1 fully saturated rings. The zero-order valence-corrected chi connectivity index (χ0v) is 16.9. The Labute approximate surface area is 165 Å². The van der Waals surface area contributed by atoms with E-state index in [9.17, 15) is 13.2 Å². The van der Waals surface area contributed by atoms with Crippen LogP contribution in [-0.2, 0) is 14.8 Å². The normalized spacial score (nSPS) is 19.0. The van der Waals surface area contributed by atoms with Gasteiger partial charge in [0, 0.05) is 11.6 Å². The predicted molar refractivity (Wildman–Crippen MR) is 106 cm³/mol. The number of hydrogen-bond donors (Lipinski definition) is 1. The molecule has 3 rings (SSSR count). The molecule has 7 heteroatoms. The van der Waals surface area contributed by atoms with Gasteiger partial charge in [0.1, 0.15) is 6.04 Å². The SMILES string of the molecule is Cc1ccc(S(=O)(=O)N2CCCC2C(=O)NC(C)c2cccc(Cl)c2)cc1. The smallest absolute Gasteiger partial charge is 0.243 e. The molecule has 144 valence electrons. The highest BCUT2D eigenvalue weighted by Gasteiger charge is 2.39. The predicted octanol–water partition coefficient (Wildman–Crippen LogP) is 3.68. The van der Waals surface area contributed by atoms with Gasteiger partial charge in [-0.3, -0.25) is 4.79 Å². The van der Waals surface area contributed by atoms with E-state index in [4.69, 9.17) is 11.6 Å². The topological polar surface area (TPSA) is 66.5 Å². The molecule has 0 aliphatic carbocycles. The van der Waals surface area contributed by atoms with E-state index in [1.807, 2.05) is 26.0 Å². The molecule has 0 aromatic heterocycles. The number of carbonyl (C=O) groups is 1. The quantitative estimate of drug-likeness (QED) is 0.823. The van der Waals surface area contributed by atoms with Gasteiger partial charge in [0.25, 0.3) is 0 Å². The summed E-state index contributed by atoms with van der Waals surface area (Å²) >= 11 is 6.01. The lowest BCUT2D eigenvalue weighted by Gasteiger charge is -2.25. The van der Waals surface area contributed by atoms with Crippen LogP contribution in [0, 0.1) is 6.92 Å². The van der Waals surface area contributed by atoms with Crippen LogP contribution in [0.1, 0.15) is 36.9 Å². The third kappa shape index (κ3) is 4.34. The lowest BCUT2D eigenvalue weighted by Crippen LogP contribution is -2.46. The molecular weight excluding hydrogens is 384 g/mol. The number of sulfonamides is 1. The summed E-state index contributed by atoms with van der Waals surface area (Å²) in [7, 11) is -3.71. The maximum atomic E-state index is 13.0. The van der Waals surface area contributed by atoms with Crippen molar-refractivity contribution in [1.82, 2.24) is 9.62 Å². The lowest BCUT2D eigenvalue weighted by molar-refractivity contribution is -0.124. The first-order valence-corrected chi connectivity index (χ1v) is 10.7. The Balaban J connectivity index is 1.77. The molecule has 1 aliphatic heterocycles. The summed E-state index contributed by atoms with van der Waals surface area (Å²) in [6.07, 6.45) is 1.17. The standard InChI is InChI=1S/C20H23ClN2O3S/c1-14-8-10-18(11-9-14)27(25,26)23-12-4-7-19(23)20(24)22-15(2)16-5-3-6-17(21)13-16/h3,5-6,8-11,13,15,19H,4,7,12H2,1-2H3,(H,22,24). The summed E-state index contributed by atoms with van der Waals surface area (Å²) in [6.45, 7) is 4.11. The fraction of sp³-hybridized carbons (Fsp3) is 0.350. The molecule has 5 nitrogen and oxygen atoms in total. The molecule has 2 atom stereocenters. The maximum absolute atomic E-state index is 13.0. The van der Waals surface area contributed by atoms with Crippen molar-refractivity contribution in [3.8, 4) is 0 Å². The van der Waals surface area contributed by atoms with Gasteiger partial charge in [-0.2, -0.15) is 4.31 Å². The molecule has 0 radical (unpaired) electrons. The van der Waals surface area contributed by atoms with Crippen LogP contribution in [0.4, 0.5) is 0 Å². The zero-order chi connectivity index (χ0) is 19.6. The summed E-state index contributed by atoms with van der Waals surface area (Å²) in [5, 5.41) is 3.52. The van der Waals surface area contributed by atoms with Crippen LogP contribution in [-0.4, -0.2) is 31.2 Å². The lowest BCUT2D eigenvalue weighted by atomic mass is 10.1. The van der Waals surface area contributed by atoms with Crippen molar-refractivity contribution < 1.29 is 13.2 Å². The van der Waals surface area contributed by atoms with Crippen molar-refractivity contribution in [3.63, 3.8) is 0 Å². The van der Waals surface area contributed by atoms with E-state index < -0.39 is 16.1 Å². The molecule has 1 amide bonds. The van der Waals surface area contributed by atoms with Gasteiger partial charge in [-0.25, -0.2) is 8.42 Å². The number of rotatable bonds is 5. The summed E-state index contributed by atoms with van der Waals surface area (Å²) < 4.78 is 27.3. The first-order valence-electron chi connectivity index (χ1n) is 8.93. The Hall–Kier alpha value is -1.89. The molecule has 1 saturated heterocycles. The van der Waals surface area contributed by atoms with Crippen molar-refractivity contribution in [2.75, 3.05) is 6.54 Å². The molecule has 0 spiro atoms. The van der Waals surface area contributed by atoms with Gasteiger partial charge in [0.2, 0.25) is 15.9 Å². The molecule has 27 heavy (non-hydrogen) atoms. The van der Waals surface area contributed by atoms with E-state index in [1.165, 1.54) is 4.31 Å². The molecule has 1 heterocycles. The van der Waals surface area contributed by atoms with E-state index in [0.717, 1.165) is 11.1 Å². The number of nitrogens with one attached hydrogen (secondary N) is 1. The molecule has 1 aliphatic rings. The van der Waals surface area contributed by atoms with Crippen LogP contribution >= 0.6 is 11.6 Å². The average Bonchev–Trinajstić information content (AvgIpc) is 3.13. The van der Waals surface area contributed by atoms with Crippen molar-refractivity contribution in [2.45, 2.75) is 43.7 Å². The minimum Gasteiger partial charge on any atom is -0.348 e. The third-order valence-corrected chi connectivity index (χ3v) is 7.00. The van der Waals surface area contributed by atoms with Crippen molar-refractivity contribution >= 4 is 27.5 Å². The summed E-state index contributed by atoms with van der Waals surface area (Å²) in [6, 6.07) is 13.0. The Morgan fingerprint density at radius 2 is 1.93 bits per heavy atom. The first-order chi connectivity index (χ1) is 12.8. The van der Waals surface area contributed by atoms with E-state index in [2.05, 4.69) is 5.32 Å². The Morgan fingerprint density at radius 1 is 1.22 bits per heavy atom. The minimum atomic E-state index is -3.71. The van der Waals surface area contributed by atoms with Gasteiger partial charge < -0.3 is 5.32 Å². The monoisotopic (exact) mass is 406 g/mol. The highest BCUT2D eigenvalue weighted by molar-refractivity contribution is 7.89. The summed E-state index contributed by atoms with van der Waals surface area (Å²) in [5.41, 5.74) is 1.86. The van der Waals surface area contributed by atoms with E-state index in [-0.39, 0.29) is 16.8 Å². The Morgan fingerprint density at radius 3 is 2.59 bits per heavy atom. The fourth-order valence-electron chi connectivity index (χ4n) is 3.30. The van der Waals surface area contributed by atoms with E-state index >= 15 is 0 Å².